The second kappa shape index (κ2) is 8.09. The Bertz CT molecular complexity index is 1060. The maximum atomic E-state index is 12.9. The highest BCUT2D eigenvalue weighted by atomic mass is 35.5. The van der Waals surface area contributed by atoms with Crippen molar-refractivity contribution in [1.82, 2.24) is 14.8 Å². The van der Waals surface area contributed by atoms with E-state index in [1.165, 1.54) is 0 Å². The fourth-order valence-corrected chi connectivity index (χ4v) is 3.60. The quantitative estimate of drug-likeness (QED) is 0.621. The minimum atomic E-state index is -0.0432. The first-order valence-electron chi connectivity index (χ1n) is 9.34. The van der Waals surface area contributed by atoms with Crippen molar-refractivity contribution in [2.24, 2.45) is 0 Å². The van der Waals surface area contributed by atoms with Crippen LogP contribution in [0.4, 0.5) is 0 Å². The second-order valence-electron chi connectivity index (χ2n) is 6.85. The Morgan fingerprint density at radius 3 is 2.07 bits per heavy atom. The predicted octanol–water partition coefficient (Wildman–Crippen LogP) is 3.50. The SMILES string of the molecule is COc1ccc(C(=O)N2CCN(C(=O)c3ccc4nc(Cl)ccc4c3)CC2)cc1. The van der Waals surface area contributed by atoms with Gasteiger partial charge in [-0.2, -0.15) is 0 Å². The van der Waals surface area contributed by atoms with E-state index >= 15 is 0 Å². The third kappa shape index (κ3) is 4.03. The van der Waals surface area contributed by atoms with Crippen LogP contribution in [0.15, 0.2) is 54.6 Å². The van der Waals surface area contributed by atoms with Crippen LogP contribution in [0.5, 0.6) is 5.75 Å². The number of amides is 2. The summed E-state index contributed by atoms with van der Waals surface area (Å²) in [7, 11) is 1.59. The molecule has 7 heteroatoms. The van der Waals surface area contributed by atoms with Crippen LogP contribution in [0, 0.1) is 0 Å². The first-order chi connectivity index (χ1) is 14.0. The van der Waals surface area contributed by atoms with E-state index in [9.17, 15) is 9.59 Å². The highest BCUT2D eigenvalue weighted by Crippen LogP contribution is 2.19. The fraction of sp³-hybridized carbons (Fsp3) is 0.227. The summed E-state index contributed by atoms with van der Waals surface area (Å²) in [4.78, 5) is 33.4. The van der Waals surface area contributed by atoms with E-state index in [1.807, 2.05) is 12.1 Å². The Kier molecular flexibility index (Phi) is 5.36. The van der Waals surface area contributed by atoms with Crippen molar-refractivity contribution in [3.05, 3.63) is 70.9 Å². The van der Waals surface area contributed by atoms with Crippen molar-refractivity contribution >= 4 is 34.3 Å². The van der Waals surface area contributed by atoms with Gasteiger partial charge in [-0.3, -0.25) is 9.59 Å². The van der Waals surface area contributed by atoms with Gasteiger partial charge >= 0.3 is 0 Å². The van der Waals surface area contributed by atoms with Crippen molar-refractivity contribution in [3.8, 4) is 5.75 Å². The lowest BCUT2D eigenvalue weighted by atomic mass is 10.1. The Labute approximate surface area is 173 Å². The highest BCUT2D eigenvalue weighted by molar-refractivity contribution is 6.29. The third-order valence-corrected chi connectivity index (χ3v) is 5.30. The van der Waals surface area contributed by atoms with Gasteiger partial charge in [0, 0.05) is 42.7 Å². The van der Waals surface area contributed by atoms with Crippen LogP contribution in [-0.4, -0.2) is 59.9 Å². The molecule has 2 amide bonds. The number of ether oxygens (including phenoxy) is 1. The zero-order valence-corrected chi connectivity index (χ0v) is 16.7. The van der Waals surface area contributed by atoms with Gasteiger partial charge in [-0.1, -0.05) is 11.6 Å². The molecule has 2 aromatic carbocycles. The topological polar surface area (TPSA) is 62.7 Å². The zero-order valence-electron chi connectivity index (χ0n) is 16.0. The van der Waals surface area contributed by atoms with E-state index < -0.39 is 0 Å². The summed E-state index contributed by atoms with van der Waals surface area (Å²) in [5.41, 5.74) is 1.98. The molecule has 0 saturated carbocycles. The molecular formula is C22H20ClN3O3. The molecule has 0 atom stereocenters. The van der Waals surface area contributed by atoms with E-state index in [4.69, 9.17) is 16.3 Å². The van der Waals surface area contributed by atoms with Gasteiger partial charge in [-0.05, 0) is 54.6 Å². The van der Waals surface area contributed by atoms with Gasteiger partial charge in [0.2, 0.25) is 0 Å². The van der Waals surface area contributed by atoms with Crippen LogP contribution in [0.1, 0.15) is 20.7 Å². The zero-order chi connectivity index (χ0) is 20.4. The number of rotatable bonds is 3. The van der Waals surface area contributed by atoms with E-state index in [1.54, 1.807) is 59.4 Å². The molecule has 29 heavy (non-hydrogen) atoms. The molecule has 1 saturated heterocycles. The van der Waals surface area contributed by atoms with E-state index in [0.29, 0.717) is 48.2 Å². The molecule has 148 valence electrons. The Hall–Kier alpha value is -3.12. The maximum absolute atomic E-state index is 12.9. The molecule has 0 N–H and O–H groups in total. The summed E-state index contributed by atoms with van der Waals surface area (Å²) in [5, 5.41) is 1.29. The van der Waals surface area contributed by atoms with Crippen molar-refractivity contribution in [2.45, 2.75) is 0 Å². The van der Waals surface area contributed by atoms with Gasteiger partial charge in [0.1, 0.15) is 10.9 Å². The lowest BCUT2D eigenvalue weighted by molar-refractivity contribution is 0.0535. The third-order valence-electron chi connectivity index (χ3n) is 5.09. The van der Waals surface area contributed by atoms with E-state index in [0.717, 1.165) is 10.9 Å². The van der Waals surface area contributed by atoms with Gasteiger partial charge in [0.05, 0.1) is 12.6 Å². The Balaban J connectivity index is 1.41. The first kappa shape index (κ1) is 19.2. The van der Waals surface area contributed by atoms with Crippen LogP contribution in [-0.2, 0) is 0 Å². The molecule has 0 unspecified atom stereocenters. The largest absolute Gasteiger partial charge is 0.497 e. The van der Waals surface area contributed by atoms with Crippen molar-refractivity contribution < 1.29 is 14.3 Å². The van der Waals surface area contributed by atoms with Gasteiger partial charge in [-0.15, -0.1) is 0 Å². The number of pyridine rings is 1. The smallest absolute Gasteiger partial charge is 0.253 e. The summed E-state index contributed by atoms with van der Waals surface area (Å²) >= 11 is 5.92. The number of piperazine rings is 1. The summed E-state index contributed by atoms with van der Waals surface area (Å²) in [6.45, 7) is 2.00. The second-order valence-corrected chi connectivity index (χ2v) is 7.24. The normalized spacial score (nSPS) is 14.1. The van der Waals surface area contributed by atoms with Gasteiger partial charge < -0.3 is 14.5 Å². The highest BCUT2D eigenvalue weighted by Gasteiger charge is 2.25. The average Bonchev–Trinajstić information content (AvgIpc) is 2.78. The Morgan fingerprint density at radius 1 is 0.862 bits per heavy atom. The monoisotopic (exact) mass is 409 g/mol. The number of fused-ring (bicyclic) bond motifs is 1. The number of carbonyl (C=O) groups excluding carboxylic acids is 2. The van der Waals surface area contributed by atoms with E-state index in [-0.39, 0.29) is 11.8 Å². The Morgan fingerprint density at radius 2 is 1.45 bits per heavy atom. The number of carbonyl (C=O) groups is 2. The molecule has 2 heterocycles. The molecule has 1 aliphatic heterocycles. The van der Waals surface area contributed by atoms with Crippen molar-refractivity contribution in [2.75, 3.05) is 33.3 Å². The number of hydrogen-bond acceptors (Lipinski definition) is 4. The molecule has 0 radical (unpaired) electrons. The van der Waals surface area contributed by atoms with Crippen LogP contribution in [0.2, 0.25) is 5.15 Å². The van der Waals surface area contributed by atoms with Crippen LogP contribution >= 0.6 is 11.6 Å². The molecule has 3 aromatic rings. The molecule has 1 aromatic heterocycles. The maximum Gasteiger partial charge on any atom is 0.253 e. The number of hydrogen-bond donors (Lipinski definition) is 0. The minimum Gasteiger partial charge on any atom is -0.497 e. The molecule has 1 aliphatic rings. The molecule has 1 fully saturated rings. The summed E-state index contributed by atoms with van der Waals surface area (Å²) < 4.78 is 5.13. The minimum absolute atomic E-state index is 0.0339. The summed E-state index contributed by atoms with van der Waals surface area (Å²) in [6, 6.07) is 16.0. The van der Waals surface area contributed by atoms with Gasteiger partial charge in [-0.25, -0.2) is 4.98 Å². The first-order valence-corrected chi connectivity index (χ1v) is 9.72. The lowest BCUT2D eigenvalue weighted by Crippen LogP contribution is -2.50. The summed E-state index contributed by atoms with van der Waals surface area (Å²) in [5.74, 6) is 0.636. The fourth-order valence-electron chi connectivity index (χ4n) is 3.45. The van der Waals surface area contributed by atoms with Crippen molar-refractivity contribution in [3.63, 3.8) is 0 Å². The molecule has 4 rings (SSSR count). The predicted molar refractivity (Wildman–Crippen MR) is 112 cm³/mol. The van der Waals surface area contributed by atoms with Crippen LogP contribution < -0.4 is 4.74 Å². The van der Waals surface area contributed by atoms with Crippen LogP contribution in [0.25, 0.3) is 10.9 Å². The molecule has 0 bridgehead atoms. The number of methoxy groups -OCH3 is 1. The number of nitrogens with zero attached hydrogens (tertiary/aromatic N) is 3. The molecular weight excluding hydrogens is 390 g/mol. The standard InChI is InChI=1S/C22H20ClN3O3/c1-29-18-6-2-15(3-7-18)21(27)25-10-12-26(13-11-25)22(28)17-4-8-19-16(14-17)5-9-20(23)24-19/h2-9,14H,10-13H2,1H3. The number of aromatic nitrogens is 1. The van der Waals surface area contributed by atoms with Gasteiger partial charge in [0.25, 0.3) is 11.8 Å². The van der Waals surface area contributed by atoms with Crippen LogP contribution in [0.3, 0.4) is 0 Å². The van der Waals surface area contributed by atoms with Gasteiger partial charge in [0.15, 0.2) is 0 Å². The summed E-state index contributed by atoms with van der Waals surface area (Å²) in [6.07, 6.45) is 0. The number of halogens is 1. The average molecular weight is 410 g/mol. The molecule has 6 nitrogen and oxygen atoms in total. The lowest BCUT2D eigenvalue weighted by Gasteiger charge is -2.35. The molecule has 0 spiro atoms. The molecule has 0 aliphatic carbocycles. The van der Waals surface area contributed by atoms with Crippen molar-refractivity contribution in [1.29, 1.82) is 0 Å². The number of benzene rings is 2. The van der Waals surface area contributed by atoms with E-state index in [2.05, 4.69) is 4.98 Å².